The molecule has 2 atom stereocenters. The third-order valence-corrected chi connectivity index (χ3v) is 4.59. The molecule has 0 saturated carbocycles. The number of nitriles is 1. The fourth-order valence-corrected chi connectivity index (χ4v) is 3.50. The summed E-state index contributed by atoms with van der Waals surface area (Å²) < 4.78 is 0. The Morgan fingerprint density at radius 3 is 2.95 bits per heavy atom. The third kappa shape index (κ3) is 2.38. The van der Waals surface area contributed by atoms with Gasteiger partial charge in [0.05, 0.1) is 5.56 Å². The number of hydrogen-bond donors (Lipinski definition) is 0. The molecule has 0 amide bonds. The van der Waals surface area contributed by atoms with E-state index in [1.165, 1.54) is 25.8 Å². The zero-order valence-electron chi connectivity index (χ0n) is 12.3. The second-order valence-corrected chi connectivity index (χ2v) is 6.08. The van der Waals surface area contributed by atoms with E-state index in [-0.39, 0.29) is 0 Å². The molecule has 0 aromatic carbocycles. The van der Waals surface area contributed by atoms with Gasteiger partial charge in [0, 0.05) is 30.9 Å². The van der Waals surface area contributed by atoms with Gasteiger partial charge in [-0.2, -0.15) is 5.26 Å². The minimum absolute atomic E-state index is 0.422. The Balaban J connectivity index is 1.90. The van der Waals surface area contributed by atoms with Gasteiger partial charge in [-0.25, -0.2) is 4.98 Å². The summed E-state index contributed by atoms with van der Waals surface area (Å²) in [6, 6.07) is 7.17. The molecule has 0 aliphatic carbocycles. The normalized spacial score (nSPS) is 26.9. The van der Waals surface area contributed by atoms with Crippen LogP contribution in [0.15, 0.2) is 12.1 Å². The van der Waals surface area contributed by atoms with Gasteiger partial charge >= 0.3 is 0 Å². The highest BCUT2D eigenvalue weighted by molar-refractivity contribution is 5.55. The molecule has 2 saturated heterocycles. The number of hydrogen-bond acceptors (Lipinski definition) is 4. The number of piperidine rings is 1. The average molecular weight is 270 g/mol. The number of rotatable bonds is 1. The van der Waals surface area contributed by atoms with Gasteiger partial charge in [-0.05, 0) is 45.4 Å². The van der Waals surface area contributed by atoms with Crippen LogP contribution in [0.25, 0.3) is 0 Å². The Morgan fingerprint density at radius 1 is 1.30 bits per heavy atom. The molecule has 4 heteroatoms. The first-order valence-electron chi connectivity index (χ1n) is 7.57. The van der Waals surface area contributed by atoms with E-state index in [0.29, 0.717) is 17.6 Å². The summed E-state index contributed by atoms with van der Waals surface area (Å²) >= 11 is 0. The lowest BCUT2D eigenvalue weighted by molar-refractivity contribution is 0.115. The molecule has 1 aromatic rings. The monoisotopic (exact) mass is 270 g/mol. The highest BCUT2D eigenvalue weighted by Gasteiger charge is 2.34. The first kappa shape index (κ1) is 13.4. The Labute approximate surface area is 121 Å². The quantitative estimate of drug-likeness (QED) is 0.785. The molecule has 20 heavy (non-hydrogen) atoms. The van der Waals surface area contributed by atoms with Gasteiger partial charge in [0.25, 0.3) is 0 Å². The topological polar surface area (TPSA) is 43.2 Å². The van der Waals surface area contributed by atoms with Crippen LogP contribution in [-0.4, -0.2) is 41.6 Å². The Hall–Kier alpha value is -1.60. The second kappa shape index (κ2) is 5.41. The highest BCUT2D eigenvalue weighted by Crippen LogP contribution is 2.29. The van der Waals surface area contributed by atoms with Crippen molar-refractivity contribution in [3.63, 3.8) is 0 Å². The van der Waals surface area contributed by atoms with E-state index in [1.54, 1.807) is 0 Å². The molecule has 2 fully saturated rings. The molecule has 0 N–H and O–H groups in total. The zero-order valence-corrected chi connectivity index (χ0v) is 12.3. The molecule has 2 unspecified atom stereocenters. The fourth-order valence-electron chi connectivity index (χ4n) is 3.50. The van der Waals surface area contributed by atoms with Gasteiger partial charge in [-0.1, -0.05) is 6.42 Å². The summed E-state index contributed by atoms with van der Waals surface area (Å²) in [6.45, 7) is 7.56. The van der Waals surface area contributed by atoms with Gasteiger partial charge in [0.2, 0.25) is 0 Å². The van der Waals surface area contributed by atoms with E-state index in [1.807, 2.05) is 19.1 Å². The Bertz CT molecular complexity index is 534. The van der Waals surface area contributed by atoms with Crippen molar-refractivity contribution in [1.29, 1.82) is 5.26 Å². The predicted octanol–water partition coefficient (Wildman–Crippen LogP) is 2.32. The van der Waals surface area contributed by atoms with E-state index in [9.17, 15) is 5.26 Å². The van der Waals surface area contributed by atoms with Crippen LogP contribution in [0.3, 0.4) is 0 Å². The van der Waals surface area contributed by atoms with Crippen molar-refractivity contribution in [3.05, 3.63) is 23.4 Å². The maximum Gasteiger partial charge on any atom is 0.147 e. The number of aromatic nitrogens is 1. The van der Waals surface area contributed by atoms with Crippen LogP contribution in [0.4, 0.5) is 5.82 Å². The maximum atomic E-state index is 9.33. The number of anilines is 1. The molecule has 3 heterocycles. The summed E-state index contributed by atoms with van der Waals surface area (Å²) in [5.74, 6) is 0.880. The molecule has 2 aliphatic rings. The van der Waals surface area contributed by atoms with Crippen molar-refractivity contribution in [2.45, 2.75) is 45.2 Å². The van der Waals surface area contributed by atoms with Crippen LogP contribution in [-0.2, 0) is 0 Å². The lowest BCUT2D eigenvalue weighted by Crippen LogP contribution is -2.59. The molecule has 0 radical (unpaired) electrons. The molecule has 3 rings (SSSR count). The van der Waals surface area contributed by atoms with Crippen LogP contribution in [0.5, 0.6) is 0 Å². The van der Waals surface area contributed by atoms with Gasteiger partial charge in [-0.15, -0.1) is 0 Å². The summed E-state index contributed by atoms with van der Waals surface area (Å²) in [6.07, 6.45) is 3.93. The van der Waals surface area contributed by atoms with Crippen LogP contribution >= 0.6 is 0 Å². The molecule has 106 valence electrons. The van der Waals surface area contributed by atoms with E-state index in [4.69, 9.17) is 0 Å². The third-order valence-electron chi connectivity index (χ3n) is 4.59. The Morgan fingerprint density at radius 2 is 2.15 bits per heavy atom. The van der Waals surface area contributed by atoms with E-state index in [0.717, 1.165) is 24.6 Å². The number of pyridine rings is 1. The molecular formula is C16H22N4. The number of nitrogens with zero attached hydrogens (tertiary/aromatic N) is 4. The van der Waals surface area contributed by atoms with Gasteiger partial charge in [0.15, 0.2) is 0 Å². The molecule has 2 aliphatic heterocycles. The smallest absolute Gasteiger partial charge is 0.147 e. The summed E-state index contributed by atoms with van der Waals surface area (Å²) in [4.78, 5) is 9.60. The van der Waals surface area contributed by atoms with Gasteiger partial charge < -0.3 is 4.90 Å². The van der Waals surface area contributed by atoms with Crippen molar-refractivity contribution in [3.8, 4) is 6.07 Å². The summed E-state index contributed by atoms with van der Waals surface area (Å²) in [5, 5.41) is 9.33. The molecule has 1 aromatic heterocycles. The number of piperazine rings is 1. The van der Waals surface area contributed by atoms with E-state index in [2.05, 4.69) is 27.8 Å². The average Bonchev–Trinajstić information content (AvgIpc) is 2.46. The van der Waals surface area contributed by atoms with Crippen molar-refractivity contribution in [2.24, 2.45) is 0 Å². The minimum Gasteiger partial charge on any atom is -0.350 e. The van der Waals surface area contributed by atoms with Gasteiger partial charge in [0.1, 0.15) is 11.9 Å². The van der Waals surface area contributed by atoms with Crippen LogP contribution in [0, 0.1) is 18.3 Å². The first-order chi connectivity index (χ1) is 9.69. The highest BCUT2D eigenvalue weighted by atomic mass is 15.3. The molecule has 0 spiro atoms. The first-order valence-corrected chi connectivity index (χ1v) is 7.57. The molecule has 0 bridgehead atoms. The van der Waals surface area contributed by atoms with Crippen LogP contribution in [0.1, 0.15) is 37.4 Å². The maximum absolute atomic E-state index is 9.33. The summed E-state index contributed by atoms with van der Waals surface area (Å²) in [7, 11) is 0. The molecule has 4 nitrogen and oxygen atoms in total. The van der Waals surface area contributed by atoms with Crippen molar-refractivity contribution in [2.75, 3.05) is 24.5 Å². The van der Waals surface area contributed by atoms with Crippen molar-refractivity contribution >= 4 is 5.82 Å². The van der Waals surface area contributed by atoms with Gasteiger partial charge in [-0.3, -0.25) is 4.90 Å². The minimum atomic E-state index is 0.422. The SMILES string of the molecule is Cc1ccc(C#N)c(N2CC3CCCCN3CC2C)n1. The number of fused-ring (bicyclic) bond motifs is 1. The molecular weight excluding hydrogens is 248 g/mol. The van der Waals surface area contributed by atoms with Crippen LogP contribution in [0.2, 0.25) is 0 Å². The van der Waals surface area contributed by atoms with Crippen LogP contribution < -0.4 is 4.90 Å². The summed E-state index contributed by atoms with van der Waals surface area (Å²) in [5.41, 5.74) is 1.68. The van der Waals surface area contributed by atoms with E-state index >= 15 is 0 Å². The largest absolute Gasteiger partial charge is 0.350 e. The van der Waals surface area contributed by atoms with E-state index < -0.39 is 0 Å². The van der Waals surface area contributed by atoms with Crippen molar-refractivity contribution < 1.29 is 0 Å². The standard InChI is InChI=1S/C16H22N4/c1-12-6-7-14(9-17)16(18-12)20-11-15-5-3-4-8-19(15)10-13(20)2/h6-7,13,15H,3-5,8,10-11H2,1-2H3. The fraction of sp³-hybridized carbons (Fsp3) is 0.625. The lowest BCUT2D eigenvalue weighted by Gasteiger charge is -2.48. The zero-order chi connectivity index (χ0) is 14.1. The van der Waals surface area contributed by atoms with Crippen molar-refractivity contribution in [1.82, 2.24) is 9.88 Å². The lowest BCUT2D eigenvalue weighted by atomic mass is 9.97. The predicted molar refractivity (Wildman–Crippen MR) is 79.7 cm³/mol. The second-order valence-electron chi connectivity index (χ2n) is 6.08. The Kier molecular flexibility index (Phi) is 3.62. The number of aryl methyl sites for hydroxylation is 1.